The van der Waals surface area contributed by atoms with Crippen molar-refractivity contribution >= 4 is 29.0 Å². The summed E-state index contributed by atoms with van der Waals surface area (Å²) >= 11 is 1.73. The summed E-state index contributed by atoms with van der Waals surface area (Å²) in [6.07, 6.45) is 0.495. The maximum Gasteiger partial charge on any atom is 0.225 e. The molecule has 26 heavy (non-hydrogen) atoms. The fraction of sp³-hybridized carbons (Fsp3) is 0.381. The summed E-state index contributed by atoms with van der Waals surface area (Å²) in [5.74, 6) is 0.829. The number of nitrogens with one attached hydrogen (secondary N) is 1. The van der Waals surface area contributed by atoms with Crippen LogP contribution in [0.15, 0.2) is 47.4 Å². The van der Waals surface area contributed by atoms with Gasteiger partial charge in [-0.25, -0.2) is 0 Å². The van der Waals surface area contributed by atoms with Crippen molar-refractivity contribution in [1.82, 2.24) is 0 Å². The van der Waals surface area contributed by atoms with Gasteiger partial charge in [0.25, 0.3) is 0 Å². The third-order valence-electron chi connectivity index (χ3n) is 4.61. The largest absolute Gasteiger partial charge is 0.378 e. The lowest BCUT2D eigenvalue weighted by Gasteiger charge is -2.30. The second-order valence-electron chi connectivity index (χ2n) is 6.51. The number of carbonyl (C=O) groups excluding carboxylic acids is 1. The predicted octanol–water partition coefficient (Wildman–Crippen LogP) is 4.26. The lowest BCUT2D eigenvalue weighted by atomic mass is 10.1. The molecule has 4 nitrogen and oxygen atoms in total. The molecule has 0 aromatic heterocycles. The highest BCUT2D eigenvalue weighted by Crippen LogP contribution is 2.27. The lowest BCUT2D eigenvalue weighted by molar-refractivity contribution is -0.115. The molecule has 0 aliphatic carbocycles. The highest BCUT2D eigenvalue weighted by atomic mass is 32.2. The van der Waals surface area contributed by atoms with Crippen LogP contribution in [0.4, 0.5) is 11.4 Å². The molecule has 0 bridgehead atoms. The second kappa shape index (κ2) is 9.10. The number of hydrogen-bond acceptors (Lipinski definition) is 4. The van der Waals surface area contributed by atoms with E-state index in [1.807, 2.05) is 18.2 Å². The number of aryl methyl sites for hydroxylation is 2. The molecule has 1 N–H and O–H groups in total. The first kappa shape index (κ1) is 18.8. The molecule has 0 saturated carbocycles. The van der Waals surface area contributed by atoms with Gasteiger partial charge in [0.2, 0.25) is 5.91 Å². The molecule has 0 spiro atoms. The molecule has 2 aromatic rings. The molecule has 2 aromatic carbocycles. The fourth-order valence-corrected chi connectivity index (χ4v) is 3.88. The van der Waals surface area contributed by atoms with E-state index in [1.165, 1.54) is 16.0 Å². The average molecular weight is 371 g/mol. The zero-order valence-corrected chi connectivity index (χ0v) is 16.3. The summed E-state index contributed by atoms with van der Waals surface area (Å²) in [7, 11) is 0. The smallest absolute Gasteiger partial charge is 0.225 e. The van der Waals surface area contributed by atoms with Crippen molar-refractivity contribution in [1.29, 1.82) is 0 Å². The van der Waals surface area contributed by atoms with E-state index < -0.39 is 0 Å². The molecule has 1 heterocycles. The van der Waals surface area contributed by atoms with E-state index in [1.54, 1.807) is 11.8 Å². The van der Waals surface area contributed by atoms with E-state index in [4.69, 9.17) is 4.74 Å². The Labute approximate surface area is 159 Å². The number of morpholine rings is 1. The van der Waals surface area contributed by atoms with Crippen LogP contribution in [0.25, 0.3) is 0 Å². The highest BCUT2D eigenvalue weighted by molar-refractivity contribution is 7.99. The van der Waals surface area contributed by atoms with Crippen molar-refractivity contribution in [3.63, 3.8) is 0 Å². The minimum Gasteiger partial charge on any atom is -0.378 e. The number of nitrogens with zero attached hydrogens (tertiary/aromatic N) is 1. The van der Waals surface area contributed by atoms with Gasteiger partial charge in [0.1, 0.15) is 0 Å². The number of ether oxygens (including phenoxy) is 1. The Balaban J connectivity index is 1.54. The van der Waals surface area contributed by atoms with Crippen molar-refractivity contribution in [2.45, 2.75) is 25.2 Å². The first-order valence-electron chi connectivity index (χ1n) is 9.05. The number of benzene rings is 2. The van der Waals surface area contributed by atoms with Gasteiger partial charge in [-0.3, -0.25) is 4.79 Å². The van der Waals surface area contributed by atoms with E-state index >= 15 is 0 Å². The van der Waals surface area contributed by atoms with E-state index in [0.717, 1.165) is 43.4 Å². The van der Waals surface area contributed by atoms with Crippen molar-refractivity contribution in [3.8, 4) is 0 Å². The Kier molecular flexibility index (Phi) is 6.58. The van der Waals surface area contributed by atoms with E-state index in [9.17, 15) is 4.79 Å². The first-order chi connectivity index (χ1) is 12.6. The van der Waals surface area contributed by atoms with Gasteiger partial charge in [-0.15, -0.1) is 11.8 Å². The van der Waals surface area contributed by atoms with Crippen molar-refractivity contribution in [2.24, 2.45) is 0 Å². The highest BCUT2D eigenvalue weighted by Gasteiger charge is 2.15. The van der Waals surface area contributed by atoms with Gasteiger partial charge < -0.3 is 15.0 Å². The van der Waals surface area contributed by atoms with Gasteiger partial charge in [-0.05, 0) is 49.2 Å². The fourth-order valence-electron chi connectivity index (χ4n) is 2.94. The SMILES string of the molecule is Cc1ccc(SCCC(=O)Nc2ccccc2N2CCOCC2)cc1C. The van der Waals surface area contributed by atoms with Crippen LogP contribution in [0, 0.1) is 13.8 Å². The average Bonchev–Trinajstić information content (AvgIpc) is 2.66. The molecule has 138 valence electrons. The van der Waals surface area contributed by atoms with Gasteiger partial charge in [0.15, 0.2) is 0 Å². The normalized spacial score (nSPS) is 14.3. The Morgan fingerprint density at radius 2 is 1.88 bits per heavy atom. The maximum absolute atomic E-state index is 12.4. The van der Waals surface area contributed by atoms with Crippen LogP contribution in [0.3, 0.4) is 0 Å². The second-order valence-corrected chi connectivity index (χ2v) is 7.68. The van der Waals surface area contributed by atoms with Gasteiger partial charge in [-0.1, -0.05) is 18.2 Å². The quantitative estimate of drug-likeness (QED) is 0.772. The molecule has 1 aliphatic heterocycles. The molecular weight excluding hydrogens is 344 g/mol. The molecular formula is C21H26N2O2S. The monoisotopic (exact) mass is 370 g/mol. The molecule has 0 radical (unpaired) electrons. The van der Waals surface area contributed by atoms with Gasteiger partial charge >= 0.3 is 0 Å². The minimum absolute atomic E-state index is 0.0574. The molecule has 1 aliphatic rings. The number of anilines is 2. The van der Waals surface area contributed by atoms with E-state index in [-0.39, 0.29) is 5.91 Å². The van der Waals surface area contributed by atoms with Gasteiger partial charge in [0, 0.05) is 30.2 Å². The van der Waals surface area contributed by atoms with Crippen LogP contribution in [0.5, 0.6) is 0 Å². The molecule has 3 rings (SSSR count). The van der Waals surface area contributed by atoms with Crippen LogP contribution in [-0.2, 0) is 9.53 Å². The zero-order valence-electron chi connectivity index (χ0n) is 15.5. The zero-order chi connectivity index (χ0) is 18.4. The van der Waals surface area contributed by atoms with E-state index in [0.29, 0.717) is 6.42 Å². The number of rotatable bonds is 6. The maximum atomic E-state index is 12.4. The Morgan fingerprint density at radius 3 is 2.65 bits per heavy atom. The molecule has 0 unspecified atom stereocenters. The molecule has 5 heteroatoms. The molecule has 0 atom stereocenters. The van der Waals surface area contributed by atoms with Crippen LogP contribution in [0.1, 0.15) is 17.5 Å². The summed E-state index contributed by atoms with van der Waals surface area (Å²) in [5, 5.41) is 3.08. The Bertz CT molecular complexity index is 757. The molecule has 1 fully saturated rings. The summed E-state index contributed by atoms with van der Waals surface area (Å²) in [6.45, 7) is 7.41. The van der Waals surface area contributed by atoms with Crippen molar-refractivity contribution in [2.75, 3.05) is 42.3 Å². The standard InChI is InChI=1S/C21H26N2O2S/c1-16-7-8-18(15-17(16)2)26-14-9-21(24)22-19-5-3-4-6-20(19)23-10-12-25-13-11-23/h3-8,15H,9-14H2,1-2H3,(H,22,24). The molecule has 1 saturated heterocycles. The number of carbonyl (C=O) groups is 1. The first-order valence-corrected chi connectivity index (χ1v) is 10.0. The van der Waals surface area contributed by atoms with Crippen molar-refractivity contribution < 1.29 is 9.53 Å². The van der Waals surface area contributed by atoms with Crippen LogP contribution in [0.2, 0.25) is 0 Å². The topological polar surface area (TPSA) is 41.6 Å². The van der Waals surface area contributed by atoms with Crippen LogP contribution >= 0.6 is 11.8 Å². The van der Waals surface area contributed by atoms with Crippen LogP contribution < -0.4 is 10.2 Å². The summed E-state index contributed by atoms with van der Waals surface area (Å²) in [5.41, 5.74) is 4.55. The van der Waals surface area contributed by atoms with E-state index in [2.05, 4.69) is 48.3 Å². The number of hydrogen-bond donors (Lipinski definition) is 1. The minimum atomic E-state index is 0.0574. The van der Waals surface area contributed by atoms with Crippen molar-refractivity contribution in [3.05, 3.63) is 53.6 Å². The summed E-state index contributed by atoms with van der Waals surface area (Å²) < 4.78 is 5.42. The lowest BCUT2D eigenvalue weighted by Crippen LogP contribution is -2.36. The third-order valence-corrected chi connectivity index (χ3v) is 5.60. The number of para-hydroxylation sites is 2. The Morgan fingerprint density at radius 1 is 1.12 bits per heavy atom. The number of thioether (sulfide) groups is 1. The Hall–Kier alpha value is -1.98. The van der Waals surface area contributed by atoms with Crippen LogP contribution in [-0.4, -0.2) is 38.0 Å². The van der Waals surface area contributed by atoms with Gasteiger partial charge in [-0.2, -0.15) is 0 Å². The van der Waals surface area contributed by atoms with Gasteiger partial charge in [0.05, 0.1) is 24.6 Å². The summed E-state index contributed by atoms with van der Waals surface area (Å²) in [6, 6.07) is 14.4. The third kappa shape index (κ3) is 5.02. The number of amides is 1. The predicted molar refractivity (Wildman–Crippen MR) is 109 cm³/mol. The summed E-state index contributed by atoms with van der Waals surface area (Å²) in [4.78, 5) is 15.9. The molecule has 1 amide bonds.